The fourth-order valence-corrected chi connectivity index (χ4v) is 2.27. The first kappa shape index (κ1) is 13.7. The molecule has 2 aromatic rings. The lowest BCUT2D eigenvalue weighted by Crippen LogP contribution is -2.35. The molecule has 1 aliphatic rings. The third-order valence-electron chi connectivity index (χ3n) is 3.46. The molecule has 7 nitrogen and oxygen atoms in total. The van der Waals surface area contributed by atoms with Gasteiger partial charge in [0.1, 0.15) is 0 Å². The van der Waals surface area contributed by atoms with Gasteiger partial charge in [-0.1, -0.05) is 17.3 Å². The monoisotopic (exact) mass is 287 g/mol. The van der Waals surface area contributed by atoms with E-state index < -0.39 is 5.91 Å². The van der Waals surface area contributed by atoms with E-state index in [0.717, 1.165) is 38.5 Å². The lowest BCUT2D eigenvalue weighted by molar-refractivity contribution is 0.0342. The number of amides is 1. The van der Waals surface area contributed by atoms with Crippen molar-refractivity contribution in [3.63, 3.8) is 0 Å². The first-order chi connectivity index (χ1) is 10.2. The highest BCUT2D eigenvalue weighted by Crippen LogP contribution is 2.12. The number of morpholine rings is 1. The molecule has 0 aliphatic carbocycles. The molecule has 1 aliphatic heterocycles. The predicted octanol–water partition coefficient (Wildman–Crippen LogP) is 0.198. The SMILES string of the molecule is NC(=O)c1cn(-c2ccc(CN3CCOCC3)cc2)nn1. The molecule has 1 amide bonds. The molecule has 1 aromatic carbocycles. The first-order valence-corrected chi connectivity index (χ1v) is 6.84. The summed E-state index contributed by atoms with van der Waals surface area (Å²) in [6.07, 6.45) is 1.53. The van der Waals surface area contributed by atoms with Crippen LogP contribution in [0.15, 0.2) is 30.5 Å². The van der Waals surface area contributed by atoms with Crippen molar-refractivity contribution in [2.45, 2.75) is 6.54 Å². The number of nitrogens with zero attached hydrogens (tertiary/aromatic N) is 4. The molecule has 0 unspecified atom stereocenters. The summed E-state index contributed by atoms with van der Waals surface area (Å²) in [5.74, 6) is -0.579. The van der Waals surface area contributed by atoms with Gasteiger partial charge in [0.05, 0.1) is 25.1 Å². The summed E-state index contributed by atoms with van der Waals surface area (Å²) in [6.45, 7) is 4.44. The van der Waals surface area contributed by atoms with Crippen LogP contribution in [0.25, 0.3) is 5.69 Å². The van der Waals surface area contributed by atoms with E-state index in [9.17, 15) is 4.79 Å². The summed E-state index contributed by atoms with van der Waals surface area (Å²) in [5, 5.41) is 7.62. The van der Waals surface area contributed by atoms with E-state index in [1.165, 1.54) is 11.8 Å². The minimum absolute atomic E-state index is 0.160. The second-order valence-electron chi connectivity index (χ2n) is 4.97. The number of hydrogen-bond acceptors (Lipinski definition) is 5. The second kappa shape index (κ2) is 6.02. The van der Waals surface area contributed by atoms with Crippen molar-refractivity contribution in [3.05, 3.63) is 41.7 Å². The third-order valence-corrected chi connectivity index (χ3v) is 3.46. The summed E-state index contributed by atoms with van der Waals surface area (Å²) in [5.41, 5.74) is 7.40. The van der Waals surface area contributed by atoms with Crippen molar-refractivity contribution in [1.82, 2.24) is 19.9 Å². The van der Waals surface area contributed by atoms with Crippen LogP contribution in [0.5, 0.6) is 0 Å². The van der Waals surface area contributed by atoms with Crippen LogP contribution in [0.2, 0.25) is 0 Å². The maximum absolute atomic E-state index is 11.0. The fourth-order valence-electron chi connectivity index (χ4n) is 2.27. The molecule has 2 N–H and O–H groups in total. The van der Waals surface area contributed by atoms with Gasteiger partial charge in [-0.15, -0.1) is 5.10 Å². The zero-order chi connectivity index (χ0) is 14.7. The Bertz CT molecular complexity index is 617. The summed E-state index contributed by atoms with van der Waals surface area (Å²) < 4.78 is 6.88. The summed E-state index contributed by atoms with van der Waals surface area (Å²) in [6, 6.07) is 8.01. The third kappa shape index (κ3) is 3.26. The highest BCUT2D eigenvalue weighted by molar-refractivity contribution is 5.90. The molecule has 7 heteroatoms. The van der Waals surface area contributed by atoms with Gasteiger partial charge in [0.25, 0.3) is 5.91 Å². The number of carbonyl (C=O) groups excluding carboxylic acids is 1. The zero-order valence-electron chi connectivity index (χ0n) is 11.6. The number of rotatable bonds is 4. The van der Waals surface area contributed by atoms with Crippen molar-refractivity contribution < 1.29 is 9.53 Å². The molecule has 21 heavy (non-hydrogen) atoms. The maximum atomic E-state index is 11.0. The maximum Gasteiger partial charge on any atom is 0.270 e. The molecule has 0 spiro atoms. The normalized spacial score (nSPS) is 16.0. The smallest absolute Gasteiger partial charge is 0.270 e. The van der Waals surface area contributed by atoms with Gasteiger partial charge in [-0.05, 0) is 17.7 Å². The van der Waals surface area contributed by atoms with Crippen LogP contribution in [-0.4, -0.2) is 52.1 Å². The molecular formula is C14H17N5O2. The van der Waals surface area contributed by atoms with Crippen molar-refractivity contribution in [1.29, 1.82) is 0 Å². The van der Waals surface area contributed by atoms with Crippen LogP contribution in [-0.2, 0) is 11.3 Å². The Morgan fingerprint density at radius 2 is 1.95 bits per heavy atom. The molecule has 2 heterocycles. The van der Waals surface area contributed by atoms with Crippen LogP contribution in [0.1, 0.15) is 16.1 Å². The standard InChI is InChI=1S/C14H17N5O2/c15-14(20)13-10-19(17-16-13)12-3-1-11(2-4-12)9-18-5-7-21-8-6-18/h1-4,10H,5-9H2,(H2,15,20). The molecular weight excluding hydrogens is 270 g/mol. The molecule has 110 valence electrons. The lowest BCUT2D eigenvalue weighted by Gasteiger charge is -2.26. The Balaban J connectivity index is 1.69. The number of hydrogen-bond donors (Lipinski definition) is 1. The number of nitrogens with two attached hydrogens (primary N) is 1. The van der Waals surface area contributed by atoms with Crippen molar-refractivity contribution in [2.75, 3.05) is 26.3 Å². The van der Waals surface area contributed by atoms with Gasteiger partial charge in [0.2, 0.25) is 0 Å². The number of ether oxygens (including phenoxy) is 1. The zero-order valence-corrected chi connectivity index (χ0v) is 11.6. The van der Waals surface area contributed by atoms with Gasteiger partial charge in [0.15, 0.2) is 5.69 Å². The van der Waals surface area contributed by atoms with E-state index in [0.29, 0.717) is 0 Å². The Morgan fingerprint density at radius 3 is 2.57 bits per heavy atom. The molecule has 1 aromatic heterocycles. The van der Waals surface area contributed by atoms with Crippen LogP contribution in [0.4, 0.5) is 0 Å². The second-order valence-corrected chi connectivity index (χ2v) is 4.97. The number of benzene rings is 1. The largest absolute Gasteiger partial charge is 0.379 e. The molecule has 0 atom stereocenters. The van der Waals surface area contributed by atoms with Crippen LogP contribution >= 0.6 is 0 Å². The van der Waals surface area contributed by atoms with Gasteiger partial charge in [-0.3, -0.25) is 9.69 Å². The Morgan fingerprint density at radius 1 is 1.24 bits per heavy atom. The van der Waals surface area contributed by atoms with E-state index >= 15 is 0 Å². The highest BCUT2D eigenvalue weighted by atomic mass is 16.5. The van der Waals surface area contributed by atoms with Crippen LogP contribution < -0.4 is 5.73 Å². The van der Waals surface area contributed by atoms with E-state index in [1.54, 1.807) is 4.68 Å². The van der Waals surface area contributed by atoms with Crippen molar-refractivity contribution in [2.24, 2.45) is 5.73 Å². The summed E-state index contributed by atoms with van der Waals surface area (Å²) >= 11 is 0. The summed E-state index contributed by atoms with van der Waals surface area (Å²) in [7, 11) is 0. The van der Waals surface area contributed by atoms with E-state index in [1.807, 2.05) is 12.1 Å². The Kier molecular flexibility index (Phi) is 3.94. The lowest BCUT2D eigenvalue weighted by atomic mass is 10.2. The molecule has 0 bridgehead atoms. The minimum Gasteiger partial charge on any atom is -0.379 e. The van der Waals surface area contributed by atoms with Gasteiger partial charge >= 0.3 is 0 Å². The van der Waals surface area contributed by atoms with Crippen LogP contribution in [0, 0.1) is 0 Å². The van der Waals surface area contributed by atoms with E-state index in [-0.39, 0.29) is 5.69 Å². The quantitative estimate of drug-likeness (QED) is 0.868. The Hall–Kier alpha value is -2.25. The van der Waals surface area contributed by atoms with E-state index in [2.05, 4.69) is 27.3 Å². The molecule has 1 fully saturated rings. The van der Waals surface area contributed by atoms with Crippen molar-refractivity contribution in [3.8, 4) is 5.69 Å². The average molecular weight is 287 g/mol. The molecule has 0 radical (unpaired) electrons. The first-order valence-electron chi connectivity index (χ1n) is 6.84. The molecule has 3 rings (SSSR count). The van der Waals surface area contributed by atoms with Crippen LogP contribution in [0.3, 0.4) is 0 Å². The van der Waals surface area contributed by atoms with Gasteiger partial charge in [-0.25, -0.2) is 4.68 Å². The molecule has 0 saturated carbocycles. The Labute approximate surface area is 122 Å². The van der Waals surface area contributed by atoms with Crippen molar-refractivity contribution >= 4 is 5.91 Å². The number of primary amides is 1. The van der Waals surface area contributed by atoms with Gasteiger partial charge in [0, 0.05) is 19.6 Å². The molecule has 1 saturated heterocycles. The fraction of sp³-hybridized carbons (Fsp3) is 0.357. The van der Waals surface area contributed by atoms with Gasteiger partial charge < -0.3 is 10.5 Å². The number of carbonyl (C=O) groups is 1. The average Bonchev–Trinajstić information content (AvgIpc) is 2.99. The highest BCUT2D eigenvalue weighted by Gasteiger charge is 2.11. The van der Waals surface area contributed by atoms with E-state index in [4.69, 9.17) is 10.5 Å². The van der Waals surface area contributed by atoms with Gasteiger partial charge in [-0.2, -0.15) is 0 Å². The predicted molar refractivity (Wildman–Crippen MR) is 76.0 cm³/mol. The minimum atomic E-state index is -0.579. The topological polar surface area (TPSA) is 86.3 Å². The summed E-state index contributed by atoms with van der Waals surface area (Å²) in [4.78, 5) is 13.4. The number of aromatic nitrogens is 3.